The molecule has 1 amide bonds. The minimum Gasteiger partial charge on any atom is -0.376 e. The Morgan fingerprint density at radius 2 is 2.26 bits per heavy atom. The van der Waals surface area contributed by atoms with E-state index in [2.05, 4.69) is 15.5 Å². The van der Waals surface area contributed by atoms with Gasteiger partial charge in [-0.05, 0) is 20.3 Å². The number of aromatic nitrogens is 2. The summed E-state index contributed by atoms with van der Waals surface area (Å²) in [5.41, 5.74) is 0.0301. The van der Waals surface area contributed by atoms with Crippen LogP contribution in [0.15, 0.2) is 4.90 Å². The van der Waals surface area contributed by atoms with Gasteiger partial charge >= 0.3 is 0 Å². The summed E-state index contributed by atoms with van der Waals surface area (Å²) >= 11 is 0. The lowest BCUT2D eigenvalue weighted by Gasteiger charge is -2.15. The monoisotopic (exact) mass is 288 g/mol. The summed E-state index contributed by atoms with van der Waals surface area (Å²) < 4.78 is 28.2. The minimum absolute atomic E-state index is 0.109. The number of sulfonamides is 1. The Kier molecular flexibility index (Phi) is 3.61. The van der Waals surface area contributed by atoms with Gasteiger partial charge in [0.25, 0.3) is 5.91 Å². The van der Waals surface area contributed by atoms with Gasteiger partial charge in [0.2, 0.25) is 10.0 Å². The second kappa shape index (κ2) is 4.91. The Bertz CT molecular complexity index is 595. The summed E-state index contributed by atoms with van der Waals surface area (Å²) in [5, 5.41) is 14.0. The first kappa shape index (κ1) is 14.0. The number of carbonyl (C=O) groups is 1. The smallest absolute Gasteiger partial charge is 0.273 e. The van der Waals surface area contributed by atoms with Crippen LogP contribution < -0.4 is 10.5 Å². The number of rotatable bonds is 3. The predicted octanol–water partition coefficient (Wildman–Crippen LogP) is -0.727. The van der Waals surface area contributed by atoms with E-state index in [-0.39, 0.29) is 28.4 Å². The van der Waals surface area contributed by atoms with Gasteiger partial charge in [-0.3, -0.25) is 9.89 Å². The standard InChI is InChI=1S/C10H16N4O4S/c1-5-9(19(11,16)17)8(14-13-5)10(15)12-7-3-4-18-6(7)2/h6-7H,3-4H2,1-2H3,(H,12,15)(H,13,14)(H2,11,16,17). The van der Waals surface area contributed by atoms with Crippen LogP contribution in [0.3, 0.4) is 0 Å². The first-order valence-electron chi connectivity index (χ1n) is 5.81. The normalized spacial score (nSPS) is 23.5. The molecule has 0 aromatic carbocycles. The van der Waals surface area contributed by atoms with E-state index in [1.165, 1.54) is 6.92 Å². The molecule has 2 rings (SSSR count). The minimum atomic E-state index is -4.00. The van der Waals surface area contributed by atoms with Gasteiger partial charge in [-0.25, -0.2) is 13.6 Å². The molecule has 106 valence electrons. The Morgan fingerprint density at radius 3 is 2.79 bits per heavy atom. The summed E-state index contributed by atoms with van der Waals surface area (Å²) in [4.78, 5) is 11.8. The lowest BCUT2D eigenvalue weighted by molar-refractivity contribution is 0.0859. The largest absolute Gasteiger partial charge is 0.376 e. The van der Waals surface area contributed by atoms with E-state index in [4.69, 9.17) is 9.88 Å². The molecule has 2 atom stereocenters. The van der Waals surface area contributed by atoms with Gasteiger partial charge in [-0.2, -0.15) is 5.10 Å². The quantitative estimate of drug-likeness (QED) is 0.676. The molecule has 2 heterocycles. The molecule has 1 aromatic rings. The van der Waals surface area contributed by atoms with Crippen molar-refractivity contribution >= 4 is 15.9 Å². The highest BCUT2D eigenvalue weighted by Crippen LogP contribution is 2.18. The fourth-order valence-electron chi connectivity index (χ4n) is 2.08. The molecule has 0 spiro atoms. The summed E-state index contributed by atoms with van der Waals surface area (Å²) in [6.45, 7) is 3.90. The second-order valence-electron chi connectivity index (χ2n) is 4.52. The maximum Gasteiger partial charge on any atom is 0.273 e. The van der Waals surface area contributed by atoms with Gasteiger partial charge in [0.15, 0.2) is 5.69 Å². The molecule has 0 saturated carbocycles. The molecular weight excluding hydrogens is 272 g/mol. The molecule has 9 heteroatoms. The summed E-state index contributed by atoms with van der Waals surface area (Å²) in [7, 11) is -4.00. The molecule has 1 aliphatic rings. The first-order valence-corrected chi connectivity index (χ1v) is 7.35. The van der Waals surface area contributed by atoms with E-state index in [1.807, 2.05) is 6.92 Å². The van der Waals surface area contributed by atoms with Crippen molar-refractivity contribution in [2.45, 2.75) is 37.3 Å². The van der Waals surface area contributed by atoms with Crippen molar-refractivity contribution in [3.05, 3.63) is 11.4 Å². The van der Waals surface area contributed by atoms with Crippen molar-refractivity contribution in [2.24, 2.45) is 5.14 Å². The molecule has 0 bridgehead atoms. The number of amides is 1. The molecule has 0 radical (unpaired) electrons. The van der Waals surface area contributed by atoms with Gasteiger partial charge in [-0.15, -0.1) is 0 Å². The van der Waals surface area contributed by atoms with Crippen LogP contribution in [0, 0.1) is 6.92 Å². The number of nitrogens with two attached hydrogens (primary N) is 1. The van der Waals surface area contributed by atoms with E-state index in [0.717, 1.165) is 0 Å². The van der Waals surface area contributed by atoms with Gasteiger partial charge in [0.1, 0.15) is 4.90 Å². The molecule has 4 N–H and O–H groups in total. The van der Waals surface area contributed by atoms with Crippen molar-refractivity contribution in [3.63, 3.8) is 0 Å². The molecule has 19 heavy (non-hydrogen) atoms. The van der Waals surface area contributed by atoms with Crippen molar-refractivity contribution in [3.8, 4) is 0 Å². The number of hydrogen-bond donors (Lipinski definition) is 3. The Morgan fingerprint density at radius 1 is 1.58 bits per heavy atom. The fourth-order valence-corrected chi connectivity index (χ4v) is 2.96. The second-order valence-corrected chi connectivity index (χ2v) is 6.01. The highest BCUT2D eigenvalue weighted by Gasteiger charge is 2.30. The molecule has 1 saturated heterocycles. The average molecular weight is 288 g/mol. The third-order valence-electron chi connectivity index (χ3n) is 3.08. The third-order valence-corrected chi connectivity index (χ3v) is 4.15. The number of nitrogens with one attached hydrogen (secondary N) is 2. The number of aryl methyl sites for hydroxylation is 1. The number of carbonyl (C=O) groups excluding carboxylic acids is 1. The number of primary sulfonamides is 1. The maximum absolute atomic E-state index is 12.1. The SMILES string of the molecule is Cc1[nH]nc(C(=O)NC2CCOC2C)c1S(N)(=O)=O. The molecule has 1 aliphatic heterocycles. The highest BCUT2D eigenvalue weighted by atomic mass is 32.2. The zero-order chi connectivity index (χ0) is 14.2. The molecule has 1 aromatic heterocycles. The fraction of sp³-hybridized carbons (Fsp3) is 0.600. The lowest BCUT2D eigenvalue weighted by Crippen LogP contribution is -2.40. The number of H-pyrrole nitrogens is 1. The lowest BCUT2D eigenvalue weighted by atomic mass is 10.1. The van der Waals surface area contributed by atoms with Gasteiger partial charge in [0.05, 0.1) is 17.8 Å². The van der Waals surface area contributed by atoms with E-state index in [9.17, 15) is 13.2 Å². The van der Waals surface area contributed by atoms with Crippen LogP contribution in [0.5, 0.6) is 0 Å². The van der Waals surface area contributed by atoms with E-state index >= 15 is 0 Å². The van der Waals surface area contributed by atoms with Crippen molar-refractivity contribution in [2.75, 3.05) is 6.61 Å². The van der Waals surface area contributed by atoms with Crippen molar-refractivity contribution < 1.29 is 17.9 Å². The maximum atomic E-state index is 12.1. The number of nitrogens with zero attached hydrogens (tertiary/aromatic N) is 1. The van der Waals surface area contributed by atoms with E-state index in [0.29, 0.717) is 13.0 Å². The average Bonchev–Trinajstić information content (AvgIpc) is 2.85. The van der Waals surface area contributed by atoms with Crippen LogP contribution in [0.25, 0.3) is 0 Å². The van der Waals surface area contributed by atoms with E-state index in [1.54, 1.807) is 0 Å². The van der Waals surface area contributed by atoms with Crippen LogP contribution in [0.1, 0.15) is 29.5 Å². The van der Waals surface area contributed by atoms with Crippen LogP contribution >= 0.6 is 0 Å². The summed E-state index contributed by atoms with van der Waals surface area (Å²) in [5.74, 6) is -0.573. The van der Waals surface area contributed by atoms with Crippen molar-refractivity contribution in [1.29, 1.82) is 0 Å². The molecule has 8 nitrogen and oxygen atoms in total. The number of hydrogen-bond acceptors (Lipinski definition) is 5. The third kappa shape index (κ3) is 2.77. The topological polar surface area (TPSA) is 127 Å². The van der Waals surface area contributed by atoms with Crippen LogP contribution in [0.2, 0.25) is 0 Å². The van der Waals surface area contributed by atoms with Crippen LogP contribution in [0.4, 0.5) is 0 Å². The molecule has 0 aliphatic carbocycles. The van der Waals surface area contributed by atoms with Crippen molar-refractivity contribution in [1.82, 2.24) is 15.5 Å². The molecular formula is C10H16N4O4S. The zero-order valence-corrected chi connectivity index (χ0v) is 11.5. The Labute approximate surface area is 110 Å². The molecule has 2 unspecified atom stereocenters. The first-order chi connectivity index (χ1) is 8.80. The number of ether oxygens (including phenoxy) is 1. The van der Waals surface area contributed by atoms with E-state index < -0.39 is 15.9 Å². The molecule has 1 fully saturated rings. The zero-order valence-electron chi connectivity index (χ0n) is 10.6. The summed E-state index contributed by atoms with van der Waals surface area (Å²) in [6, 6.07) is -0.155. The predicted molar refractivity (Wildman–Crippen MR) is 66.0 cm³/mol. The van der Waals surface area contributed by atoms with Crippen LogP contribution in [-0.4, -0.2) is 43.3 Å². The van der Waals surface area contributed by atoms with Gasteiger partial charge in [0, 0.05) is 6.61 Å². The Balaban J connectivity index is 2.25. The summed E-state index contributed by atoms with van der Waals surface area (Å²) in [6.07, 6.45) is 0.572. The van der Waals surface area contributed by atoms with Gasteiger partial charge in [-0.1, -0.05) is 0 Å². The highest BCUT2D eigenvalue weighted by molar-refractivity contribution is 7.89. The number of aromatic amines is 1. The Hall–Kier alpha value is -1.45. The van der Waals surface area contributed by atoms with Gasteiger partial charge < -0.3 is 10.1 Å². The van der Waals surface area contributed by atoms with Crippen LogP contribution in [-0.2, 0) is 14.8 Å².